The van der Waals surface area contributed by atoms with E-state index >= 15 is 0 Å². The molecule has 1 fully saturated rings. The molecule has 0 aromatic carbocycles. The topological polar surface area (TPSA) is 56.0 Å². The highest BCUT2D eigenvalue weighted by molar-refractivity contribution is 5.85. The van der Waals surface area contributed by atoms with Gasteiger partial charge in [-0.1, -0.05) is 13.8 Å². The van der Waals surface area contributed by atoms with Gasteiger partial charge in [0.05, 0.1) is 23.9 Å². The van der Waals surface area contributed by atoms with Gasteiger partial charge in [0.15, 0.2) is 0 Å². The molecule has 154 valence electrons. The van der Waals surface area contributed by atoms with Crippen LogP contribution < -0.4 is 0 Å². The van der Waals surface area contributed by atoms with E-state index in [4.69, 9.17) is 0 Å². The standard InChI is InChI=1S/C19H26F3N5O/c1-11(15-12(2)24-27(13(15)3)10-19(20,21)22)17(28)26-9-18(4,5)16(26)14-7-23-25(6)8-14/h7-8,11,16H,9-10H2,1-6H3/t11-,16-/m1/s1. The van der Waals surface area contributed by atoms with Crippen LogP contribution in [0.15, 0.2) is 12.4 Å². The molecule has 2 aromatic heterocycles. The Labute approximate surface area is 162 Å². The van der Waals surface area contributed by atoms with E-state index in [0.717, 1.165) is 10.2 Å². The summed E-state index contributed by atoms with van der Waals surface area (Å²) < 4.78 is 41.0. The lowest BCUT2D eigenvalue weighted by Gasteiger charge is -2.54. The highest BCUT2D eigenvalue weighted by Crippen LogP contribution is 2.49. The number of amides is 1. The van der Waals surface area contributed by atoms with Crippen molar-refractivity contribution in [3.63, 3.8) is 0 Å². The van der Waals surface area contributed by atoms with Crippen LogP contribution in [0.2, 0.25) is 0 Å². The summed E-state index contributed by atoms with van der Waals surface area (Å²) >= 11 is 0. The molecular formula is C19H26F3N5O. The Kier molecular flexibility index (Phi) is 4.84. The molecule has 1 saturated heterocycles. The number of nitrogens with zero attached hydrogens (tertiary/aromatic N) is 5. The van der Waals surface area contributed by atoms with Gasteiger partial charge in [-0.25, -0.2) is 0 Å². The first kappa shape index (κ1) is 20.4. The van der Waals surface area contributed by atoms with Gasteiger partial charge in [-0.15, -0.1) is 0 Å². The Hall–Kier alpha value is -2.32. The van der Waals surface area contributed by atoms with Crippen molar-refractivity contribution < 1.29 is 18.0 Å². The van der Waals surface area contributed by atoms with Crippen LogP contribution in [0.4, 0.5) is 13.2 Å². The van der Waals surface area contributed by atoms with Crippen molar-refractivity contribution in [2.75, 3.05) is 6.54 Å². The molecule has 0 N–H and O–H groups in total. The van der Waals surface area contributed by atoms with Crippen molar-refractivity contribution in [3.8, 4) is 0 Å². The van der Waals surface area contributed by atoms with E-state index in [9.17, 15) is 18.0 Å². The fourth-order valence-electron chi connectivity index (χ4n) is 4.38. The molecular weight excluding hydrogens is 371 g/mol. The van der Waals surface area contributed by atoms with E-state index < -0.39 is 18.6 Å². The Morgan fingerprint density at radius 1 is 1.36 bits per heavy atom. The maximum atomic E-state index is 13.2. The molecule has 9 heteroatoms. The predicted octanol–water partition coefficient (Wildman–Crippen LogP) is 3.51. The lowest BCUT2D eigenvalue weighted by atomic mass is 9.71. The van der Waals surface area contributed by atoms with Crippen molar-refractivity contribution >= 4 is 5.91 Å². The number of aromatic nitrogens is 4. The summed E-state index contributed by atoms with van der Waals surface area (Å²) in [5, 5.41) is 8.23. The molecule has 6 nitrogen and oxygen atoms in total. The van der Waals surface area contributed by atoms with Gasteiger partial charge in [-0.2, -0.15) is 23.4 Å². The molecule has 0 spiro atoms. The molecule has 0 unspecified atom stereocenters. The normalized spacial score (nSPS) is 20.2. The maximum Gasteiger partial charge on any atom is 0.408 e. The third kappa shape index (κ3) is 3.54. The van der Waals surface area contributed by atoms with Gasteiger partial charge in [0.25, 0.3) is 0 Å². The number of hydrogen-bond donors (Lipinski definition) is 0. The summed E-state index contributed by atoms with van der Waals surface area (Å²) in [5.41, 5.74) is 2.28. The molecule has 2 aromatic rings. The number of halogens is 3. The summed E-state index contributed by atoms with van der Waals surface area (Å²) in [6.45, 7) is 8.60. The maximum absolute atomic E-state index is 13.2. The monoisotopic (exact) mass is 397 g/mol. The van der Waals surface area contributed by atoms with E-state index in [-0.39, 0.29) is 17.4 Å². The highest BCUT2D eigenvalue weighted by atomic mass is 19.4. The summed E-state index contributed by atoms with van der Waals surface area (Å²) in [4.78, 5) is 15.0. The van der Waals surface area contributed by atoms with Gasteiger partial charge in [0, 0.05) is 42.0 Å². The minimum atomic E-state index is -4.36. The fourth-order valence-corrected chi connectivity index (χ4v) is 4.38. The van der Waals surface area contributed by atoms with Crippen molar-refractivity contribution in [2.45, 2.75) is 59.3 Å². The van der Waals surface area contributed by atoms with Gasteiger partial charge >= 0.3 is 6.18 Å². The van der Waals surface area contributed by atoms with E-state index in [1.807, 2.05) is 13.2 Å². The van der Waals surface area contributed by atoms with Crippen molar-refractivity contribution in [1.29, 1.82) is 0 Å². The third-order valence-corrected chi connectivity index (χ3v) is 5.52. The van der Waals surface area contributed by atoms with E-state index in [1.54, 1.807) is 36.5 Å². The molecule has 3 rings (SSSR count). The van der Waals surface area contributed by atoms with Gasteiger partial charge in [-0.3, -0.25) is 14.2 Å². The van der Waals surface area contributed by atoms with E-state index in [2.05, 4.69) is 24.0 Å². The Morgan fingerprint density at radius 2 is 2.00 bits per heavy atom. The largest absolute Gasteiger partial charge is 0.408 e. The Balaban J connectivity index is 1.87. The van der Waals surface area contributed by atoms with Crippen LogP contribution in [0.25, 0.3) is 0 Å². The van der Waals surface area contributed by atoms with Crippen LogP contribution in [0.1, 0.15) is 55.2 Å². The Bertz CT molecular complexity index is 896. The molecule has 0 radical (unpaired) electrons. The number of carbonyl (C=O) groups excluding carboxylic acids is 1. The van der Waals surface area contributed by atoms with E-state index in [0.29, 0.717) is 23.5 Å². The van der Waals surface area contributed by atoms with Gasteiger partial charge in [0.1, 0.15) is 6.54 Å². The second-order valence-electron chi connectivity index (χ2n) is 8.38. The van der Waals surface area contributed by atoms with Crippen LogP contribution in [-0.4, -0.2) is 43.1 Å². The number of rotatable bonds is 4. The fraction of sp³-hybridized carbons (Fsp3) is 0.632. The lowest BCUT2D eigenvalue weighted by molar-refractivity contribution is -0.153. The molecule has 28 heavy (non-hydrogen) atoms. The van der Waals surface area contributed by atoms with Gasteiger partial charge in [-0.05, 0) is 20.8 Å². The Morgan fingerprint density at radius 3 is 2.50 bits per heavy atom. The zero-order valence-electron chi connectivity index (χ0n) is 17.0. The molecule has 3 heterocycles. The molecule has 0 bridgehead atoms. The minimum absolute atomic E-state index is 0.0943. The van der Waals surface area contributed by atoms with Gasteiger partial charge in [0.2, 0.25) is 5.91 Å². The van der Waals surface area contributed by atoms with Crippen LogP contribution in [0, 0.1) is 19.3 Å². The number of alkyl halides is 3. The SMILES string of the molecule is Cc1nn(CC(F)(F)F)c(C)c1[C@@H](C)C(=O)N1CC(C)(C)[C@H]1c1cnn(C)c1. The summed E-state index contributed by atoms with van der Waals surface area (Å²) in [5.74, 6) is -0.678. The molecule has 0 saturated carbocycles. The van der Waals surface area contributed by atoms with Crippen LogP contribution in [0.5, 0.6) is 0 Å². The second-order valence-corrected chi connectivity index (χ2v) is 8.38. The third-order valence-electron chi connectivity index (χ3n) is 5.52. The number of aryl methyl sites for hydroxylation is 2. The smallest absolute Gasteiger partial charge is 0.334 e. The zero-order valence-corrected chi connectivity index (χ0v) is 17.0. The molecule has 1 aliphatic heterocycles. The first-order valence-electron chi connectivity index (χ1n) is 9.21. The van der Waals surface area contributed by atoms with Crippen LogP contribution in [-0.2, 0) is 18.4 Å². The molecule has 0 aliphatic carbocycles. The number of carbonyl (C=O) groups is 1. The predicted molar refractivity (Wildman–Crippen MR) is 97.6 cm³/mol. The van der Waals surface area contributed by atoms with Crippen molar-refractivity contribution in [1.82, 2.24) is 24.5 Å². The summed E-state index contributed by atoms with van der Waals surface area (Å²) in [7, 11) is 1.83. The average Bonchev–Trinajstić information content (AvgIpc) is 3.06. The summed E-state index contributed by atoms with van der Waals surface area (Å²) in [6, 6.07) is -0.109. The number of hydrogen-bond acceptors (Lipinski definition) is 3. The van der Waals surface area contributed by atoms with Crippen LogP contribution >= 0.6 is 0 Å². The van der Waals surface area contributed by atoms with Crippen molar-refractivity contribution in [3.05, 3.63) is 34.9 Å². The minimum Gasteiger partial charge on any atom is -0.334 e. The second kappa shape index (κ2) is 6.63. The molecule has 1 aliphatic rings. The quantitative estimate of drug-likeness (QED) is 0.793. The number of likely N-dealkylation sites (tertiary alicyclic amines) is 1. The average molecular weight is 397 g/mol. The first-order chi connectivity index (χ1) is 12.8. The lowest BCUT2D eigenvalue weighted by Crippen LogP contribution is -2.58. The zero-order chi connectivity index (χ0) is 21.0. The van der Waals surface area contributed by atoms with Crippen molar-refractivity contribution in [2.24, 2.45) is 12.5 Å². The summed E-state index contributed by atoms with van der Waals surface area (Å²) in [6.07, 6.45) is -0.705. The molecule has 1 amide bonds. The van der Waals surface area contributed by atoms with Gasteiger partial charge < -0.3 is 4.90 Å². The molecule has 2 atom stereocenters. The van der Waals surface area contributed by atoms with Crippen LogP contribution in [0.3, 0.4) is 0 Å². The first-order valence-corrected chi connectivity index (χ1v) is 9.21. The highest BCUT2D eigenvalue weighted by Gasteiger charge is 2.50. The van der Waals surface area contributed by atoms with E-state index in [1.165, 1.54) is 0 Å².